The van der Waals surface area contributed by atoms with Gasteiger partial charge in [0.05, 0.1) is 30.7 Å². The molecule has 0 fully saturated rings. The highest BCUT2D eigenvalue weighted by molar-refractivity contribution is 5.92. The fourth-order valence-corrected chi connectivity index (χ4v) is 2.91. The third-order valence-electron chi connectivity index (χ3n) is 4.46. The zero-order valence-electron chi connectivity index (χ0n) is 16.1. The van der Waals surface area contributed by atoms with Crippen molar-refractivity contribution in [2.75, 3.05) is 7.11 Å². The summed E-state index contributed by atoms with van der Waals surface area (Å²) in [6, 6.07) is 9.32. The van der Waals surface area contributed by atoms with Crippen molar-refractivity contribution in [1.29, 1.82) is 0 Å². The molecule has 1 atom stereocenters. The largest absolute Gasteiger partial charge is 0.497 e. The number of nitrogens with zero attached hydrogens (tertiary/aromatic N) is 4. The second-order valence-corrected chi connectivity index (χ2v) is 6.51. The Morgan fingerprint density at radius 1 is 1.30 bits per heavy atom. The Balaban J connectivity index is 1.70. The van der Waals surface area contributed by atoms with Gasteiger partial charge in [-0.2, -0.15) is 10.2 Å². The van der Waals surface area contributed by atoms with Crippen molar-refractivity contribution in [2.45, 2.75) is 32.7 Å². The molecule has 0 unspecified atom stereocenters. The minimum absolute atomic E-state index is 0.142. The first-order chi connectivity index (χ1) is 13.0. The average Bonchev–Trinajstić information content (AvgIpc) is 3.29. The van der Waals surface area contributed by atoms with E-state index in [1.165, 1.54) is 0 Å². The molecule has 1 amide bonds. The van der Waals surface area contributed by atoms with Gasteiger partial charge in [-0.15, -0.1) is 0 Å². The van der Waals surface area contributed by atoms with Crippen molar-refractivity contribution in [3.63, 3.8) is 0 Å². The Morgan fingerprint density at radius 2 is 2.04 bits per heavy atom. The number of carbonyl (C=O) groups is 1. The van der Waals surface area contributed by atoms with Gasteiger partial charge in [0.15, 0.2) is 0 Å². The van der Waals surface area contributed by atoms with Crippen LogP contribution in [0, 0.1) is 0 Å². The predicted octanol–water partition coefficient (Wildman–Crippen LogP) is 3.06. The highest BCUT2D eigenvalue weighted by Crippen LogP contribution is 2.18. The Labute approximate surface area is 159 Å². The summed E-state index contributed by atoms with van der Waals surface area (Å²) in [5, 5.41) is 11.8. The molecule has 1 N–H and O–H groups in total. The maximum absolute atomic E-state index is 12.6. The molecule has 7 nitrogen and oxygen atoms in total. The first-order valence-electron chi connectivity index (χ1n) is 9.04. The van der Waals surface area contributed by atoms with Gasteiger partial charge < -0.3 is 10.1 Å². The van der Waals surface area contributed by atoms with Gasteiger partial charge in [-0.05, 0) is 43.7 Å². The molecule has 0 saturated carbocycles. The van der Waals surface area contributed by atoms with Crippen molar-refractivity contribution in [3.8, 4) is 11.4 Å². The molecule has 0 aliphatic rings. The van der Waals surface area contributed by atoms with Crippen LogP contribution < -0.4 is 10.1 Å². The van der Waals surface area contributed by atoms with Crippen LogP contribution in [0.2, 0.25) is 0 Å². The first-order valence-corrected chi connectivity index (χ1v) is 9.04. The van der Waals surface area contributed by atoms with Gasteiger partial charge in [-0.25, -0.2) is 4.68 Å². The second kappa shape index (κ2) is 8.07. The number of carbonyl (C=O) groups excluding carboxylic acids is 1. The van der Waals surface area contributed by atoms with E-state index >= 15 is 0 Å². The maximum atomic E-state index is 12.6. The molecular formula is C20H25N5O2. The summed E-state index contributed by atoms with van der Waals surface area (Å²) < 4.78 is 8.59. The monoisotopic (exact) mass is 367 g/mol. The van der Waals surface area contributed by atoms with Gasteiger partial charge in [-0.3, -0.25) is 9.48 Å². The van der Waals surface area contributed by atoms with E-state index in [1.807, 2.05) is 43.5 Å². The van der Waals surface area contributed by atoms with Crippen LogP contribution in [-0.2, 0) is 13.5 Å². The summed E-state index contributed by atoms with van der Waals surface area (Å²) >= 11 is 0. The number of aryl methyl sites for hydroxylation is 2. The quantitative estimate of drug-likeness (QED) is 0.696. The van der Waals surface area contributed by atoms with E-state index in [1.54, 1.807) is 29.7 Å². The third-order valence-corrected chi connectivity index (χ3v) is 4.46. The minimum Gasteiger partial charge on any atom is -0.497 e. The summed E-state index contributed by atoms with van der Waals surface area (Å²) in [6.07, 6.45) is 5.55. The molecule has 2 heterocycles. The average molecular weight is 367 g/mol. The van der Waals surface area contributed by atoms with Crippen molar-refractivity contribution in [2.24, 2.45) is 7.05 Å². The van der Waals surface area contributed by atoms with Crippen LogP contribution in [0.4, 0.5) is 0 Å². The Bertz CT molecular complexity index is 911. The lowest BCUT2D eigenvalue weighted by Gasteiger charge is -2.12. The number of benzene rings is 1. The zero-order valence-corrected chi connectivity index (χ0v) is 16.1. The summed E-state index contributed by atoms with van der Waals surface area (Å²) in [5.74, 6) is 0.655. The topological polar surface area (TPSA) is 74.0 Å². The molecule has 0 aliphatic carbocycles. The van der Waals surface area contributed by atoms with Gasteiger partial charge in [-0.1, -0.05) is 13.3 Å². The highest BCUT2D eigenvalue weighted by Gasteiger charge is 2.17. The van der Waals surface area contributed by atoms with E-state index in [0.717, 1.165) is 35.5 Å². The molecule has 3 aromatic rings. The number of methoxy groups -OCH3 is 1. The van der Waals surface area contributed by atoms with Gasteiger partial charge in [0.1, 0.15) is 11.4 Å². The summed E-state index contributed by atoms with van der Waals surface area (Å²) in [6.45, 7) is 4.04. The molecule has 142 valence electrons. The molecule has 2 aromatic heterocycles. The SMILES string of the molecule is CCCc1cc(C(=O)N[C@H](C)c2cnn(-c3ccc(OC)cc3)c2)n(C)n1. The summed E-state index contributed by atoms with van der Waals surface area (Å²) in [7, 11) is 3.43. The lowest BCUT2D eigenvalue weighted by Crippen LogP contribution is -2.28. The third kappa shape index (κ3) is 4.19. The van der Waals surface area contributed by atoms with Crippen LogP contribution in [0.15, 0.2) is 42.7 Å². The lowest BCUT2D eigenvalue weighted by atomic mass is 10.2. The van der Waals surface area contributed by atoms with E-state index in [0.29, 0.717) is 5.69 Å². The molecule has 0 aliphatic heterocycles. The van der Waals surface area contributed by atoms with Crippen LogP contribution in [0.1, 0.15) is 48.1 Å². The van der Waals surface area contributed by atoms with Gasteiger partial charge in [0.25, 0.3) is 5.91 Å². The van der Waals surface area contributed by atoms with E-state index in [4.69, 9.17) is 4.74 Å². The molecule has 0 saturated heterocycles. The number of amides is 1. The Hall–Kier alpha value is -3.09. The van der Waals surface area contributed by atoms with E-state index in [9.17, 15) is 4.79 Å². The van der Waals surface area contributed by atoms with Crippen molar-refractivity contribution >= 4 is 5.91 Å². The Morgan fingerprint density at radius 3 is 2.70 bits per heavy atom. The number of nitrogens with one attached hydrogen (secondary N) is 1. The van der Waals surface area contributed by atoms with E-state index in [2.05, 4.69) is 22.4 Å². The summed E-state index contributed by atoms with van der Waals surface area (Å²) in [5.41, 5.74) is 3.35. The van der Waals surface area contributed by atoms with E-state index in [-0.39, 0.29) is 11.9 Å². The van der Waals surface area contributed by atoms with Crippen molar-refractivity contribution < 1.29 is 9.53 Å². The number of aromatic nitrogens is 4. The van der Waals surface area contributed by atoms with Gasteiger partial charge in [0.2, 0.25) is 0 Å². The van der Waals surface area contributed by atoms with Gasteiger partial charge in [0, 0.05) is 18.8 Å². The molecule has 1 aromatic carbocycles. The second-order valence-electron chi connectivity index (χ2n) is 6.51. The smallest absolute Gasteiger partial charge is 0.270 e. The molecular weight excluding hydrogens is 342 g/mol. The van der Waals surface area contributed by atoms with Gasteiger partial charge >= 0.3 is 0 Å². The molecule has 7 heteroatoms. The van der Waals surface area contributed by atoms with Crippen LogP contribution in [0.5, 0.6) is 5.75 Å². The number of hydrogen-bond donors (Lipinski definition) is 1. The predicted molar refractivity (Wildman–Crippen MR) is 103 cm³/mol. The highest BCUT2D eigenvalue weighted by atomic mass is 16.5. The normalized spacial score (nSPS) is 12.0. The molecule has 0 radical (unpaired) electrons. The van der Waals surface area contributed by atoms with E-state index < -0.39 is 0 Å². The fourth-order valence-electron chi connectivity index (χ4n) is 2.91. The van der Waals surface area contributed by atoms with Crippen LogP contribution in [0.25, 0.3) is 5.69 Å². The van der Waals surface area contributed by atoms with Crippen LogP contribution >= 0.6 is 0 Å². The lowest BCUT2D eigenvalue weighted by molar-refractivity contribution is 0.0930. The molecule has 27 heavy (non-hydrogen) atoms. The number of hydrogen-bond acceptors (Lipinski definition) is 4. The Kier molecular flexibility index (Phi) is 5.59. The van der Waals surface area contributed by atoms with Crippen LogP contribution in [0.3, 0.4) is 0 Å². The summed E-state index contributed by atoms with van der Waals surface area (Å²) in [4.78, 5) is 12.6. The minimum atomic E-state index is -0.172. The van der Waals surface area contributed by atoms with Crippen LogP contribution in [-0.4, -0.2) is 32.6 Å². The molecule has 0 bridgehead atoms. The van der Waals surface area contributed by atoms with Crippen molar-refractivity contribution in [1.82, 2.24) is 24.9 Å². The molecule has 0 spiro atoms. The fraction of sp³-hybridized carbons (Fsp3) is 0.350. The number of ether oxygens (including phenoxy) is 1. The standard InChI is InChI=1S/C20H25N5O2/c1-5-6-16-11-19(24(3)23-16)20(26)22-14(2)15-12-21-25(13-15)17-7-9-18(27-4)10-8-17/h7-14H,5-6H2,1-4H3,(H,22,26)/t14-/m1/s1. The molecule has 3 rings (SSSR count). The first kappa shape index (κ1) is 18.7. The number of rotatable bonds is 7. The zero-order chi connectivity index (χ0) is 19.4. The maximum Gasteiger partial charge on any atom is 0.270 e. The van der Waals surface area contributed by atoms with Crippen molar-refractivity contribution in [3.05, 3.63) is 59.7 Å².